The molecular weight excluding hydrogens is 706 g/mol. The first-order valence-corrected chi connectivity index (χ1v) is 18.7. The van der Waals surface area contributed by atoms with E-state index < -0.39 is 29.7 Å². The van der Waals surface area contributed by atoms with Gasteiger partial charge in [-0.3, -0.25) is 39.0 Å². The second-order valence-corrected chi connectivity index (χ2v) is 14.6. The van der Waals surface area contributed by atoms with Gasteiger partial charge in [0, 0.05) is 49.5 Å². The third-order valence-corrected chi connectivity index (χ3v) is 11.0. The van der Waals surface area contributed by atoms with Gasteiger partial charge >= 0.3 is 0 Å². The second-order valence-electron chi connectivity index (χ2n) is 14.6. The standard InChI is InChI=1S/C38H41N11O6/c1-21-4-2-7-27(44-21)35(52)45-23-16-24(17-23)48-20-43-32-33(41-19-42-34(32)48)39-13-10-22-11-14-47(15-12-22)30(51)18-40-26-6-3-5-25-31(26)38(55)49(37(25)54)28-8-9-29(50)46-36(28)53/h2-7,19-20,22-24,28,40H,8-18H2,1H3,(H,45,52)(H,39,41,42)(H,46,50,53)/t23?,24?,28-/m0/s1. The fraction of sp³-hybridized carbons (Fsp3) is 0.421. The maximum absolute atomic E-state index is 13.4. The second kappa shape index (κ2) is 14.9. The zero-order chi connectivity index (χ0) is 38.2. The van der Waals surface area contributed by atoms with Gasteiger partial charge in [0.2, 0.25) is 17.7 Å². The maximum Gasteiger partial charge on any atom is 0.270 e. The van der Waals surface area contributed by atoms with Crippen LogP contribution in [0.4, 0.5) is 11.5 Å². The number of anilines is 2. The van der Waals surface area contributed by atoms with Gasteiger partial charge in [0.1, 0.15) is 23.6 Å². The van der Waals surface area contributed by atoms with Gasteiger partial charge in [0.15, 0.2) is 11.5 Å². The molecule has 6 amide bonds. The van der Waals surface area contributed by atoms with Crippen LogP contribution in [0.1, 0.15) is 87.9 Å². The molecule has 2 saturated heterocycles. The number of aryl methyl sites for hydroxylation is 1. The van der Waals surface area contributed by atoms with Crippen LogP contribution in [0, 0.1) is 12.8 Å². The number of nitrogens with one attached hydrogen (secondary N) is 4. The van der Waals surface area contributed by atoms with Crippen molar-refractivity contribution in [1.29, 1.82) is 0 Å². The lowest BCUT2D eigenvalue weighted by molar-refractivity contribution is -0.136. The van der Waals surface area contributed by atoms with Crippen molar-refractivity contribution < 1.29 is 28.8 Å². The Morgan fingerprint density at radius 2 is 1.73 bits per heavy atom. The molecule has 8 rings (SSSR count). The lowest BCUT2D eigenvalue weighted by Gasteiger charge is -2.36. The Morgan fingerprint density at radius 3 is 2.51 bits per heavy atom. The SMILES string of the molecule is Cc1cccc(C(=O)NC2CC(n3cnc4c(NCCC5CCN(C(=O)CNc6cccc7c6C(=O)N([C@H]6CCC(=O)NC6=O)C7=O)CC5)ncnc43)C2)n1. The number of imide groups is 2. The van der Waals surface area contributed by atoms with Gasteiger partial charge in [0.25, 0.3) is 17.7 Å². The van der Waals surface area contributed by atoms with E-state index in [4.69, 9.17) is 0 Å². The first-order chi connectivity index (χ1) is 26.6. The topological polar surface area (TPSA) is 214 Å². The number of imidazole rings is 1. The number of rotatable bonds is 11. The monoisotopic (exact) mass is 747 g/mol. The molecule has 3 aromatic heterocycles. The van der Waals surface area contributed by atoms with Gasteiger partial charge in [0.05, 0.1) is 24.0 Å². The highest BCUT2D eigenvalue weighted by Gasteiger charge is 2.45. The molecule has 3 fully saturated rings. The number of pyridine rings is 1. The molecule has 1 aliphatic carbocycles. The minimum atomic E-state index is -1.06. The molecular formula is C38H41N11O6. The number of aromatic nitrogens is 5. The number of carbonyl (C=O) groups excluding carboxylic acids is 6. The highest BCUT2D eigenvalue weighted by Crippen LogP contribution is 2.35. The van der Waals surface area contributed by atoms with Crippen molar-refractivity contribution in [3.05, 3.63) is 71.6 Å². The van der Waals surface area contributed by atoms with E-state index in [1.807, 2.05) is 19.1 Å². The van der Waals surface area contributed by atoms with Crippen molar-refractivity contribution in [2.75, 3.05) is 36.8 Å². The fourth-order valence-corrected chi connectivity index (χ4v) is 7.92. The molecule has 3 aliphatic heterocycles. The molecule has 17 heteroatoms. The highest BCUT2D eigenvalue weighted by atomic mass is 16.2. The fourth-order valence-electron chi connectivity index (χ4n) is 7.92. The van der Waals surface area contributed by atoms with Crippen LogP contribution in [0.5, 0.6) is 0 Å². The zero-order valence-electron chi connectivity index (χ0n) is 30.3. The Hall–Kier alpha value is -6.26. The van der Waals surface area contributed by atoms with Crippen LogP contribution in [-0.4, -0.2) is 108 Å². The number of fused-ring (bicyclic) bond motifs is 2. The van der Waals surface area contributed by atoms with Crippen molar-refractivity contribution >= 4 is 58.1 Å². The van der Waals surface area contributed by atoms with Crippen LogP contribution < -0.4 is 21.3 Å². The molecule has 55 heavy (non-hydrogen) atoms. The Balaban J connectivity index is 0.788. The molecule has 1 aromatic carbocycles. The van der Waals surface area contributed by atoms with Crippen molar-refractivity contribution in [3.8, 4) is 0 Å². The average Bonchev–Trinajstić information content (AvgIpc) is 3.70. The molecule has 0 radical (unpaired) electrons. The quantitative estimate of drug-likeness (QED) is 0.163. The minimum Gasteiger partial charge on any atom is -0.375 e. The third-order valence-electron chi connectivity index (χ3n) is 11.0. The predicted molar refractivity (Wildman–Crippen MR) is 198 cm³/mol. The molecule has 4 N–H and O–H groups in total. The summed E-state index contributed by atoms with van der Waals surface area (Å²) in [6, 6.07) is 9.35. The van der Waals surface area contributed by atoms with E-state index in [1.165, 1.54) is 12.4 Å². The van der Waals surface area contributed by atoms with E-state index in [0.29, 0.717) is 48.3 Å². The number of likely N-dealkylation sites (tertiary alicyclic amines) is 1. The van der Waals surface area contributed by atoms with E-state index in [2.05, 4.69) is 45.8 Å². The third kappa shape index (κ3) is 7.08. The molecule has 17 nitrogen and oxygen atoms in total. The summed E-state index contributed by atoms with van der Waals surface area (Å²) in [5.41, 5.74) is 3.29. The molecule has 284 valence electrons. The smallest absolute Gasteiger partial charge is 0.270 e. The molecule has 6 heterocycles. The van der Waals surface area contributed by atoms with Crippen LogP contribution in [0.15, 0.2) is 49.1 Å². The Bertz CT molecular complexity index is 2210. The summed E-state index contributed by atoms with van der Waals surface area (Å²) >= 11 is 0. The van der Waals surface area contributed by atoms with Crippen LogP contribution in [0.3, 0.4) is 0 Å². The molecule has 4 aliphatic rings. The van der Waals surface area contributed by atoms with Crippen molar-refractivity contribution in [2.24, 2.45) is 5.92 Å². The highest BCUT2D eigenvalue weighted by molar-refractivity contribution is 6.25. The van der Waals surface area contributed by atoms with Gasteiger partial charge < -0.3 is 25.4 Å². The van der Waals surface area contributed by atoms with Gasteiger partial charge in [-0.05, 0) is 75.6 Å². The van der Waals surface area contributed by atoms with Gasteiger partial charge in [-0.2, -0.15) is 0 Å². The molecule has 0 unspecified atom stereocenters. The first kappa shape index (κ1) is 35.8. The van der Waals surface area contributed by atoms with E-state index in [-0.39, 0.29) is 54.4 Å². The van der Waals surface area contributed by atoms with Crippen molar-refractivity contribution in [2.45, 2.75) is 70.0 Å². The summed E-state index contributed by atoms with van der Waals surface area (Å²) in [7, 11) is 0. The van der Waals surface area contributed by atoms with Crippen LogP contribution in [-0.2, 0) is 14.4 Å². The Morgan fingerprint density at radius 1 is 0.927 bits per heavy atom. The lowest BCUT2D eigenvalue weighted by atomic mass is 9.86. The van der Waals surface area contributed by atoms with Gasteiger partial charge in [-0.1, -0.05) is 12.1 Å². The number of benzene rings is 1. The Kier molecular flexibility index (Phi) is 9.67. The van der Waals surface area contributed by atoms with E-state index in [1.54, 1.807) is 29.4 Å². The number of amides is 6. The molecule has 1 saturated carbocycles. The normalized spacial score (nSPS) is 21.3. The largest absolute Gasteiger partial charge is 0.375 e. The summed E-state index contributed by atoms with van der Waals surface area (Å²) < 4.78 is 2.05. The van der Waals surface area contributed by atoms with Crippen LogP contribution in [0.2, 0.25) is 0 Å². The number of hydrogen-bond acceptors (Lipinski definition) is 12. The molecule has 0 spiro atoms. The van der Waals surface area contributed by atoms with Crippen LogP contribution >= 0.6 is 0 Å². The van der Waals surface area contributed by atoms with Crippen molar-refractivity contribution in [3.63, 3.8) is 0 Å². The number of carbonyl (C=O) groups is 6. The molecule has 0 bridgehead atoms. The maximum atomic E-state index is 13.4. The summed E-state index contributed by atoms with van der Waals surface area (Å²) in [6.45, 7) is 3.70. The summed E-state index contributed by atoms with van der Waals surface area (Å²) in [5.74, 6) is -1.53. The van der Waals surface area contributed by atoms with E-state index in [9.17, 15) is 28.8 Å². The van der Waals surface area contributed by atoms with Crippen LogP contribution in [0.25, 0.3) is 11.2 Å². The average molecular weight is 748 g/mol. The number of hydrogen-bond donors (Lipinski definition) is 4. The number of nitrogens with zero attached hydrogens (tertiary/aromatic N) is 7. The molecule has 1 atom stereocenters. The summed E-state index contributed by atoms with van der Waals surface area (Å²) in [6.07, 6.45) is 7.55. The summed E-state index contributed by atoms with van der Waals surface area (Å²) in [4.78, 5) is 97.0. The number of piperidine rings is 2. The minimum absolute atomic E-state index is 0.0364. The summed E-state index contributed by atoms with van der Waals surface area (Å²) in [5, 5.41) is 11.8. The lowest BCUT2D eigenvalue weighted by Crippen LogP contribution is -2.54. The first-order valence-electron chi connectivity index (χ1n) is 18.7. The molecule has 4 aromatic rings. The van der Waals surface area contributed by atoms with Gasteiger partial charge in [-0.25, -0.2) is 19.9 Å². The van der Waals surface area contributed by atoms with Gasteiger partial charge in [-0.15, -0.1) is 0 Å². The predicted octanol–water partition coefficient (Wildman–Crippen LogP) is 2.22. The van der Waals surface area contributed by atoms with Crippen molar-refractivity contribution in [1.82, 2.24) is 44.9 Å². The Labute approximate surface area is 315 Å². The van der Waals surface area contributed by atoms with E-state index >= 15 is 0 Å². The zero-order valence-corrected chi connectivity index (χ0v) is 30.3. The van der Waals surface area contributed by atoms with E-state index in [0.717, 1.165) is 48.3 Å².